The molecule has 0 bridgehead atoms. The summed E-state index contributed by atoms with van der Waals surface area (Å²) >= 11 is 0. The van der Waals surface area contributed by atoms with Crippen molar-refractivity contribution in [3.63, 3.8) is 0 Å². The molecule has 3 rings (SSSR count). The first kappa shape index (κ1) is 20.5. The van der Waals surface area contributed by atoms with Gasteiger partial charge in [0.25, 0.3) is 5.56 Å². The van der Waals surface area contributed by atoms with Crippen LogP contribution >= 0.6 is 0 Å². The van der Waals surface area contributed by atoms with Gasteiger partial charge in [0.2, 0.25) is 11.8 Å². The van der Waals surface area contributed by atoms with Crippen molar-refractivity contribution in [2.24, 2.45) is 0 Å². The maximum atomic E-state index is 12.8. The van der Waals surface area contributed by atoms with Gasteiger partial charge in [-0.15, -0.1) is 0 Å². The number of hydrogen-bond acceptors (Lipinski definition) is 6. The lowest BCUT2D eigenvalue weighted by Gasteiger charge is -2.35. The Hall–Kier alpha value is -3.20. The molecule has 0 spiro atoms. The summed E-state index contributed by atoms with van der Waals surface area (Å²) < 4.78 is 11.7. The molecule has 2 heterocycles. The Balaban J connectivity index is 1.63. The number of benzene rings is 1. The van der Waals surface area contributed by atoms with Gasteiger partial charge in [0.05, 0.1) is 32.1 Å². The van der Waals surface area contributed by atoms with E-state index in [4.69, 9.17) is 9.47 Å². The molecule has 1 aliphatic heterocycles. The number of aromatic nitrogens is 2. The van der Waals surface area contributed by atoms with E-state index in [0.29, 0.717) is 30.3 Å². The molecule has 1 saturated heterocycles. The zero-order chi connectivity index (χ0) is 20.8. The Morgan fingerprint density at radius 2 is 2.00 bits per heavy atom. The van der Waals surface area contributed by atoms with Crippen molar-refractivity contribution in [2.75, 3.05) is 32.2 Å². The zero-order valence-corrected chi connectivity index (χ0v) is 16.5. The van der Waals surface area contributed by atoms with Gasteiger partial charge < -0.3 is 19.7 Å². The molecule has 1 aromatic heterocycles. The largest absolute Gasteiger partial charge is 0.497 e. The van der Waals surface area contributed by atoms with E-state index in [0.717, 1.165) is 4.68 Å². The van der Waals surface area contributed by atoms with E-state index in [9.17, 15) is 14.4 Å². The van der Waals surface area contributed by atoms with E-state index in [2.05, 4.69) is 10.4 Å². The highest BCUT2D eigenvalue weighted by Crippen LogP contribution is 2.17. The van der Waals surface area contributed by atoms with Crippen molar-refractivity contribution in [3.05, 3.63) is 52.4 Å². The van der Waals surface area contributed by atoms with Crippen LogP contribution in [0.25, 0.3) is 0 Å². The second-order valence-electron chi connectivity index (χ2n) is 6.77. The summed E-state index contributed by atoms with van der Waals surface area (Å²) in [5.41, 5.74) is 0.946. The van der Waals surface area contributed by atoms with E-state index in [1.807, 2.05) is 0 Å². The van der Waals surface area contributed by atoms with Gasteiger partial charge in [0.1, 0.15) is 12.3 Å². The standard InChI is InChI=1S/C20H24N4O5/c1-14-3-8-19(26)24(22-14)12-20(27)23-9-10-29-13-16(23)11-18(25)21-15-4-6-17(28-2)7-5-15/h3-8,16H,9-13H2,1-2H3,(H,21,25)/t16-/m1/s1. The van der Waals surface area contributed by atoms with E-state index in [1.165, 1.54) is 6.07 Å². The highest BCUT2D eigenvalue weighted by Gasteiger charge is 2.29. The summed E-state index contributed by atoms with van der Waals surface area (Å²) in [5.74, 6) is 0.200. The molecule has 1 N–H and O–H groups in total. The van der Waals surface area contributed by atoms with Crippen molar-refractivity contribution in [1.82, 2.24) is 14.7 Å². The molecule has 1 atom stereocenters. The molecular weight excluding hydrogens is 376 g/mol. The number of rotatable bonds is 6. The fraction of sp³-hybridized carbons (Fsp3) is 0.400. The zero-order valence-electron chi connectivity index (χ0n) is 16.5. The molecule has 9 heteroatoms. The Morgan fingerprint density at radius 1 is 1.24 bits per heavy atom. The van der Waals surface area contributed by atoms with Crippen LogP contribution in [0.4, 0.5) is 5.69 Å². The first-order valence-electron chi connectivity index (χ1n) is 9.32. The Bertz CT molecular complexity index is 925. The van der Waals surface area contributed by atoms with Crippen molar-refractivity contribution in [1.29, 1.82) is 0 Å². The summed E-state index contributed by atoms with van der Waals surface area (Å²) in [7, 11) is 1.57. The number of carbonyl (C=O) groups excluding carboxylic acids is 2. The smallest absolute Gasteiger partial charge is 0.267 e. The van der Waals surface area contributed by atoms with E-state index in [1.54, 1.807) is 49.3 Å². The van der Waals surface area contributed by atoms with Gasteiger partial charge in [-0.05, 0) is 37.3 Å². The normalized spacial score (nSPS) is 16.3. The molecule has 29 heavy (non-hydrogen) atoms. The number of morpholine rings is 1. The van der Waals surface area contributed by atoms with Crippen molar-refractivity contribution >= 4 is 17.5 Å². The van der Waals surface area contributed by atoms with Crippen molar-refractivity contribution in [2.45, 2.75) is 25.9 Å². The molecule has 1 fully saturated rings. The van der Waals surface area contributed by atoms with Crippen LogP contribution in [0.15, 0.2) is 41.2 Å². The summed E-state index contributed by atoms with van der Waals surface area (Å²) in [5, 5.41) is 6.91. The Labute approximate surface area is 168 Å². The van der Waals surface area contributed by atoms with E-state index >= 15 is 0 Å². The van der Waals surface area contributed by atoms with Gasteiger partial charge in [-0.1, -0.05) is 0 Å². The summed E-state index contributed by atoms with van der Waals surface area (Å²) in [6.45, 7) is 2.59. The molecule has 0 radical (unpaired) electrons. The van der Waals surface area contributed by atoms with E-state index < -0.39 is 6.04 Å². The van der Waals surface area contributed by atoms with Gasteiger partial charge in [0.15, 0.2) is 0 Å². The average Bonchev–Trinajstić information content (AvgIpc) is 2.71. The van der Waals surface area contributed by atoms with Crippen molar-refractivity contribution < 1.29 is 19.1 Å². The molecule has 2 amide bonds. The third-order valence-corrected chi connectivity index (χ3v) is 4.63. The molecule has 1 aliphatic rings. The molecule has 2 aromatic rings. The Morgan fingerprint density at radius 3 is 2.72 bits per heavy atom. The number of methoxy groups -OCH3 is 1. The van der Waals surface area contributed by atoms with Crippen LogP contribution in [-0.2, 0) is 20.9 Å². The van der Waals surface area contributed by atoms with Gasteiger partial charge in [0, 0.05) is 24.7 Å². The predicted molar refractivity (Wildman–Crippen MR) is 106 cm³/mol. The Kier molecular flexibility index (Phi) is 6.61. The van der Waals surface area contributed by atoms with E-state index in [-0.39, 0.29) is 36.9 Å². The number of ether oxygens (including phenoxy) is 2. The van der Waals surface area contributed by atoms with Crippen LogP contribution in [0.5, 0.6) is 5.75 Å². The maximum Gasteiger partial charge on any atom is 0.267 e. The molecule has 0 unspecified atom stereocenters. The van der Waals surface area contributed by atoms with Crippen LogP contribution < -0.4 is 15.6 Å². The summed E-state index contributed by atoms with van der Waals surface area (Å²) in [6, 6.07) is 9.57. The number of aryl methyl sites for hydroxylation is 1. The number of nitrogens with one attached hydrogen (secondary N) is 1. The summed E-state index contributed by atoms with van der Waals surface area (Å²) in [6.07, 6.45) is 0.0912. The van der Waals surface area contributed by atoms with Gasteiger partial charge >= 0.3 is 0 Å². The summed E-state index contributed by atoms with van der Waals surface area (Å²) in [4.78, 5) is 38.8. The second-order valence-corrected chi connectivity index (χ2v) is 6.77. The van der Waals surface area contributed by atoms with Gasteiger partial charge in [-0.2, -0.15) is 5.10 Å². The minimum atomic E-state index is -0.407. The lowest BCUT2D eigenvalue weighted by atomic mass is 10.1. The van der Waals surface area contributed by atoms with Gasteiger partial charge in [-0.3, -0.25) is 14.4 Å². The van der Waals surface area contributed by atoms with Gasteiger partial charge in [-0.25, -0.2) is 4.68 Å². The number of amides is 2. The molecule has 0 aliphatic carbocycles. The first-order chi connectivity index (χ1) is 14.0. The fourth-order valence-corrected chi connectivity index (χ4v) is 3.14. The fourth-order valence-electron chi connectivity index (χ4n) is 3.14. The average molecular weight is 400 g/mol. The molecule has 1 aromatic carbocycles. The van der Waals surface area contributed by atoms with Crippen LogP contribution in [0.1, 0.15) is 12.1 Å². The van der Waals surface area contributed by atoms with Crippen LogP contribution in [0.2, 0.25) is 0 Å². The minimum Gasteiger partial charge on any atom is -0.497 e. The topological polar surface area (TPSA) is 103 Å². The predicted octanol–water partition coefficient (Wildman–Crippen LogP) is 0.817. The number of carbonyl (C=O) groups is 2. The lowest BCUT2D eigenvalue weighted by molar-refractivity contribution is -0.142. The number of hydrogen-bond donors (Lipinski definition) is 1. The maximum absolute atomic E-state index is 12.8. The number of anilines is 1. The minimum absolute atomic E-state index is 0.0912. The highest BCUT2D eigenvalue weighted by atomic mass is 16.5. The van der Waals surface area contributed by atoms with Crippen LogP contribution in [0.3, 0.4) is 0 Å². The quantitative estimate of drug-likeness (QED) is 0.770. The monoisotopic (exact) mass is 400 g/mol. The molecule has 0 saturated carbocycles. The highest BCUT2D eigenvalue weighted by molar-refractivity contribution is 5.91. The first-order valence-corrected chi connectivity index (χ1v) is 9.32. The SMILES string of the molecule is COc1ccc(NC(=O)C[C@@H]2COCCN2C(=O)Cn2nc(C)ccc2=O)cc1. The third-order valence-electron chi connectivity index (χ3n) is 4.63. The van der Waals surface area contributed by atoms with Crippen LogP contribution in [0, 0.1) is 6.92 Å². The lowest BCUT2D eigenvalue weighted by Crippen LogP contribution is -2.51. The molecule has 154 valence electrons. The van der Waals surface area contributed by atoms with Crippen LogP contribution in [-0.4, -0.2) is 59.4 Å². The third kappa shape index (κ3) is 5.41. The number of nitrogens with zero attached hydrogens (tertiary/aromatic N) is 3. The van der Waals surface area contributed by atoms with Crippen molar-refractivity contribution in [3.8, 4) is 5.75 Å². The second kappa shape index (κ2) is 9.33. The molecular formula is C20H24N4O5. The molecule has 9 nitrogen and oxygen atoms in total.